The first-order valence-electron chi connectivity index (χ1n) is 9.26. The van der Waals surface area contributed by atoms with Crippen LogP contribution in [-0.2, 0) is 0 Å². The summed E-state index contributed by atoms with van der Waals surface area (Å²) in [7, 11) is 0. The van der Waals surface area contributed by atoms with Crippen molar-refractivity contribution in [3.8, 4) is 0 Å². The first kappa shape index (κ1) is 16.7. The molecule has 0 spiro atoms. The van der Waals surface area contributed by atoms with Gasteiger partial charge in [-0.1, -0.05) is 6.08 Å². The fourth-order valence-corrected chi connectivity index (χ4v) is 3.59. The summed E-state index contributed by atoms with van der Waals surface area (Å²) in [6, 6.07) is 4.26. The van der Waals surface area contributed by atoms with Gasteiger partial charge in [-0.2, -0.15) is 0 Å². The molecule has 6 nitrogen and oxygen atoms in total. The van der Waals surface area contributed by atoms with E-state index in [4.69, 9.17) is 0 Å². The lowest BCUT2D eigenvalue weighted by Crippen LogP contribution is -2.04. The Morgan fingerprint density at radius 1 is 1.12 bits per heavy atom. The number of nitrogens with zero attached hydrogens (tertiary/aromatic N) is 5. The molecule has 3 heterocycles. The first-order valence-corrected chi connectivity index (χ1v) is 9.26. The number of aryl methyl sites for hydroxylation is 1. The summed E-state index contributed by atoms with van der Waals surface area (Å²) in [5.41, 5.74) is 3.24. The Balaban J connectivity index is 1.65. The predicted octanol–water partition coefficient (Wildman–Crippen LogP) is 4.81. The molecule has 0 bridgehead atoms. The zero-order valence-electron chi connectivity index (χ0n) is 15.5. The first-order chi connectivity index (χ1) is 12.6. The van der Waals surface area contributed by atoms with Crippen molar-refractivity contribution in [3.05, 3.63) is 42.3 Å². The van der Waals surface area contributed by atoms with Crippen molar-refractivity contribution in [3.63, 3.8) is 0 Å². The molecule has 134 valence electrons. The summed E-state index contributed by atoms with van der Waals surface area (Å²) >= 11 is 0. The molecular formula is C20H24N6. The van der Waals surface area contributed by atoms with Gasteiger partial charge in [0, 0.05) is 18.3 Å². The van der Waals surface area contributed by atoms with E-state index in [1.165, 1.54) is 18.4 Å². The minimum atomic E-state index is 0.346. The number of aromatic nitrogens is 5. The van der Waals surface area contributed by atoms with Gasteiger partial charge in [-0.15, -0.1) is 0 Å². The van der Waals surface area contributed by atoms with E-state index in [9.17, 15) is 0 Å². The van der Waals surface area contributed by atoms with E-state index in [0.717, 1.165) is 47.2 Å². The van der Waals surface area contributed by atoms with Gasteiger partial charge in [0.05, 0.1) is 11.7 Å². The second-order valence-electron chi connectivity index (χ2n) is 7.05. The van der Waals surface area contributed by atoms with Crippen LogP contribution in [0.1, 0.15) is 57.2 Å². The Hall–Kier alpha value is -2.76. The lowest BCUT2D eigenvalue weighted by Gasteiger charge is -2.13. The summed E-state index contributed by atoms with van der Waals surface area (Å²) in [5, 5.41) is 3.32. The van der Waals surface area contributed by atoms with Crippen molar-refractivity contribution in [2.45, 2.75) is 52.5 Å². The predicted molar refractivity (Wildman–Crippen MR) is 104 cm³/mol. The largest absolute Gasteiger partial charge is 0.326 e. The van der Waals surface area contributed by atoms with Gasteiger partial charge < -0.3 is 9.88 Å². The van der Waals surface area contributed by atoms with Gasteiger partial charge in [0.15, 0.2) is 5.82 Å². The molecule has 0 aromatic carbocycles. The highest BCUT2D eigenvalue weighted by Gasteiger charge is 2.13. The van der Waals surface area contributed by atoms with Gasteiger partial charge in [-0.25, -0.2) is 19.9 Å². The van der Waals surface area contributed by atoms with Crippen LogP contribution in [-0.4, -0.2) is 24.5 Å². The number of fused-ring (bicyclic) bond motifs is 1. The van der Waals surface area contributed by atoms with Crippen LogP contribution in [0.25, 0.3) is 16.6 Å². The van der Waals surface area contributed by atoms with Crippen LogP contribution in [0.2, 0.25) is 0 Å². The van der Waals surface area contributed by atoms with Gasteiger partial charge in [0.25, 0.3) is 0 Å². The number of hydrogen-bond donors (Lipinski definition) is 1. The zero-order valence-corrected chi connectivity index (χ0v) is 15.5. The molecule has 0 atom stereocenters. The Morgan fingerprint density at radius 2 is 2.00 bits per heavy atom. The lowest BCUT2D eigenvalue weighted by atomic mass is 9.99. The van der Waals surface area contributed by atoms with Gasteiger partial charge in [0.2, 0.25) is 0 Å². The third-order valence-corrected chi connectivity index (χ3v) is 4.76. The van der Waals surface area contributed by atoms with E-state index in [-0.39, 0.29) is 0 Å². The van der Waals surface area contributed by atoms with Crippen LogP contribution in [0.15, 0.2) is 30.6 Å². The maximum atomic E-state index is 4.68. The van der Waals surface area contributed by atoms with Crippen LogP contribution < -0.4 is 5.32 Å². The number of pyridine rings is 1. The summed E-state index contributed by atoms with van der Waals surface area (Å²) < 4.78 is 2.22. The topological polar surface area (TPSA) is 68.5 Å². The normalized spacial score (nSPS) is 14.7. The quantitative estimate of drug-likeness (QED) is 0.732. The Labute approximate surface area is 153 Å². The van der Waals surface area contributed by atoms with E-state index in [0.29, 0.717) is 6.04 Å². The number of rotatable bonds is 4. The van der Waals surface area contributed by atoms with Gasteiger partial charge in [0.1, 0.15) is 23.0 Å². The average Bonchev–Trinajstić information content (AvgIpc) is 2.98. The average molecular weight is 348 g/mol. The molecular weight excluding hydrogens is 324 g/mol. The minimum absolute atomic E-state index is 0.346. The lowest BCUT2D eigenvalue weighted by molar-refractivity contribution is 0.600. The third-order valence-electron chi connectivity index (χ3n) is 4.76. The summed E-state index contributed by atoms with van der Waals surface area (Å²) in [5.74, 6) is 3.35. The van der Waals surface area contributed by atoms with Gasteiger partial charge in [-0.3, -0.25) is 0 Å². The van der Waals surface area contributed by atoms with Crippen molar-refractivity contribution < 1.29 is 0 Å². The summed E-state index contributed by atoms with van der Waals surface area (Å²) in [6.45, 7) is 6.36. The van der Waals surface area contributed by atoms with E-state index in [2.05, 4.69) is 49.7 Å². The number of imidazole rings is 1. The molecule has 1 aliphatic carbocycles. The van der Waals surface area contributed by atoms with E-state index in [1.54, 1.807) is 6.20 Å². The fraction of sp³-hybridized carbons (Fsp3) is 0.400. The number of hydrogen-bond acceptors (Lipinski definition) is 5. The number of anilines is 2. The highest BCUT2D eigenvalue weighted by atomic mass is 15.1. The molecule has 0 aliphatic heterocycles. The van der Waals surface area contributed by atoms with Crippen molar-refractivity contribution in [1.29, 1.82) is 0 Å². The van der Waals surface area contributed by atoms with Crippen LogP contribution in [0.4, 0.5) is 11.6 Å². The van der Waals surface area contributed by atoms with Crippen molar-refractivity contribution >= 4 is 28.2 Å². The number of nitrogens with one attached hydrogen (secondary N) is 1. The highest BCUT2D eigenvalue weighted by molar-refractivity contribution is 5.79. The van der Waals surface area contributed by atoms with Crippen molar-refractivity contribution in [2.75, 3.05) is 5.32 Å². The molecule has 1 N–H and O–H groups in total. The second-order valence-corrected chi connectivity index (χ2v) is 7.05. The molecule has 3 aromatic rings. The molecule has 3 aromatic heterocycles. The molecule has 1 aliphatic rings. The maximum Gasteiger partial charge on any atom is 0.157 e. The molecule has 0 saturated heterocycles. The third kappa shape index (κ3) is 3.19. The fourth-order valence-electron chi connectivity index (χ4n) is 3.59. The van der Waals surface area contributed by atoms with Crippen LogP contribution >= 0.6 is 0 Å². The maximum absolute atomic E-state index is 4.68. The molecule has 0 unspecified atom stereocenters. The van der Waals surface area contributed by atoms with Crippen LogP contribution in [0, 0.1) is 6.92 Å². The minimum Gasteiger partial charge on any atom is -0.326 e. The molecule has 0 amide bonds. The Bertz CT molecular complexity index is 970. The van der Waals surface area contributed by atoms with Gasteiger partial charge in [-0.05, 0) is 58.1 Å². The van der Waals surface area contributed by atoms with Crippen LogP contribution in [0.3, 0.4) is 0 Å². The summed E-state index contributed by atoms with van der Waals surface area (Å²) in [6.07, 6.45) is 10.5. The van der Waals surface area contributed by atoms with E-state index in [1.807, 2.05) is 25.3 Å². The number of allylic oxidation sites excluding steroid dienone is 2. The molecule has 26 heavy (non-hydrogen) atoms. The molecule has 0 saturated carbocycles. The molecule has 4 rings (SSSR count). The SMILES string of the molecule is Cc1nc2cnc(Nc3ccnc(C4=CCCCC4)n3)cc2n1C(C)C. The van der Waals surface area contributed by atoms with Gasteiger partial charge >= 0.3 is 0 Å². The second kappa shape index (κ2) is 6.86. The smallest absolute Gasteiger partial charge is 0.157 e. The van der Waals surface area contributed by atoms with Crippen molar-refractivity contribution in [1.82, 2.24) is 24.5 Å². The van der Waals surface area contributed by atoms with Crippen LogP contribution in [0.5, 0.6) is 0 Å². The summed E-state index contributed by atoms with van der Waals surface area (Å²) in [4.78, 5) is 18.2. The molecule has 0 fully saturated rings. The standard InChI is InChI=1S/C20H24N6/c1-13(2)26-14(3)23-16-12-22-19(11-17(16)26)24-18-9-10-21-20(25-18)15-7-5-4-6-8-15/h7,9-13H,4-6,8H2,1-3H3,(H,21,22,24,25). The van der Waals surface area contributed by atoms with E-state index >= 15 is 0 Å². The van der Waals surface area contributed by atoms with E-state index < -0.39 is 0 Å². The zero-order chi connectivity index (χ0) is 18.1. The monoisotopic (exact) mass is 348 g/mol. The Morgan fingerprint density at radius 3 is 2.77 bits per heavy atom. The molecule has 6 heteroatoms. The molecule has 0 radical (unpaired) electrons. The highest BCUT2D eigenvalue weighted by Crippen LogP contribution is 2.26. The Kier molecular flexibility index (Phi) is 4.41. The van der Waals surface area contributed by atoms with Crippen molar-refractivity contribution in [2.24, 2.45) is 0 Å².